The highest BCUT2D eigenvalue weighted by molar-refractivity contribution is 5.93. The lowest BCUT2D eigenvalue weighted by atomic mass is 10.1. The Labute approximate surface area is 125 Å². The van der Waals surface area contributed by atoms with Crippen LogP contribution in [-0.4, -0.2) is 17.4 Å². The highest BCUT2D eigenvalue weighted by Gasteiger charge is 2.33. The molecule has 0 saturated carbocycles. The number of hydrogen-bond donors (Lipinski definition) is 2. The minimum atomic E-state index is -4.51. The molecule has 0 saturated heterocycles. The lowest BCUT2D eigenvalue weighted by molar-refractivity contribution is -0.137. The number of carbonyl (C=O) groups is 1. The molecule has 2 N–H and O–H groups in total. The Morgan fingerprint density at radius 3 is 2.59 bits per heavy atom. The Kier molecular flexibility index (Phi) is 5.11. The fourth-order valence-corrected chi connectivity index (χ4v) is 1.86. The molecule has 2 rings (SSSR count). The van der Waals surface area contributed by atoms with Crippen LogP contribution < -0.4 is 10.6 Å². The summed E-state index contributed by atoms with van der Waals surface area (Å²) in [6.07, 6.45) is -1.23. The van der Waals surface area contributed by atoms with Gasteiger partial charge < -0.3 is 10.6 Å². The van der Waals surface area contributed by atoms with E-state index >= 15 is 0 Å². The number of hydrogen-bond acceptors (Lipinski definition) is 3. The largest absolute Gasteiger partial charge is 0.418 e. The van der Waals surface area contributed by atoms with Gasteiger partial charge in [0.1, 0.15) is 0 Å². The molecule has 0 aliphatic heterocycles. The van der Waals surface area contributed by atoms with Crippen molar-refractivity contribution in [1.82, 2.24) is 10.3 Å². The zero-order valence-corrected chi connectivity index (χ0v) is 11.5. The minimum Gasteiger partial charge on any atom is -0.324 e. The number of nitrogens with zero attached hydrogens (tertiary/aromatic N) is 1. The third-order valence-electron chi connectivity index (χ3n) is 2.84. The summed E-state index contributed by atoms with van der Waals surface area (Å²) in [5.74, 6) is -0.541. The second-order valence-electron chi connectivity index (χ2n) is 4.56. The van der Waals surface area contributed by atoms with Crippen molar-refractivity contribution in [3.8, 4) is 0 Å². The van der Waals surface area contributed by atoms with Gasteiger partial charge in [0.15, 0.2) is 0 Å². The fourth-order valence-electron chi connectivity index (χ4n) is 1.86. The van der Waals surface area contributed by atoms with Crippen molar-refractivity contribution < 1.29 is 18.0 Å². The number of halogens is 3. The average Bonchev–Trinajstić information content (AvgIpc) is 2.48. The van der Waals surface area contributed by atoms with Crippen LogP contribution in [0.4, 0.5) is 18.9 Å². The average molecular weight is 309 g/mol. The van der Waals surface area contributed by atoms with E-state index in [1.165, 1.54) is 18.2 Å². The molecule has 0 atom stereocenters. The van der Waals surface area contributed by atoms with Crippen LogP contribution in [0, 0.1) is 0 Å². The van der Waals surface area contributed by atoms with E-state index in [0.29, 0.717) is 6.54 Å². The molecular weight excluding hydrogens is 295 g/mol. The summed E-state index contributed by atoms with van der Waals surface area (Å²) in [6.45, 7) is 0.309. The predicted octanol–water partition coefficient (Wildman–Crippen LogP) is 2.83. The molecule has 116 valence electrons. The minimum absolute atomic E-state index is 0.0961. The summed E-state index contributed by atoms with van der Waals surface area (Å²) in [7, 11) is 0. The van der Waals surface area contributed by atoms with E-state index in [-0.39, 0.29) is 12.2 Å². The lowest BCUT2D eigenvalue weighted by Crippen LogP contribution is -2.28. The van der Waals surface area contributed by atoms with Gasteiger partial charge in [0.25, 0.3) is 0 Å². The molecule has 0 unspecified atom stereocenters. The van der Waals surface area contributed by atoms with Crippen LogP contribution in [0.1, 0.15) is 11.1 Å². The van der Waals surface area contributed by atoms with E-state index < -0.39 is 17.6 Å². The number of nitrogens with one attached hydrogen (secondary N) is 2. The maximum absolute atomic E-state index is 12.8. The molecular formula is C15H14F3N3O. The predicted molar refractivity (Wildman–Crippen MR) is 76.0 cm³/mol. The molecule has 1 heterocycles. The summed E-state index contributed by atoms with van der Waals surface area (Å²) in [5, 5.41) is 5.11. The third-order valence-corrected chi connectivity index (χ3v) is 2.84. The second kappa shape index (κ2) is 7.04. The zero-order chi connectivity index (χ0) is 16.0. The summed E-state index contributed by atoms with van der Waals surface area (Å²) in [5.41, 5.74) is -0.232. The molecule has 0 fully saturated rings. The van der Waals surface area contributed by atoms with Crippen molar-refractivity contribution in [3.63, 3.8) is 0 Å². The van der Waals surface area contributed by atoms with E-state index in [1.54, 1.807) is 18.5 Å². The van der Waals surface area contributed by atoms with Crippen molar-refractivity contribution in [2.24, 2.45) is 0 Å². The van der Waals surface area contributed by atoms with Crippen LogP contribution in [0.3, 0.4) is 0 Å². The monoisotopic (exact) mass is 309 g/mol. The van der Waals surface area contributed by atoms with E-state index in [2.05, 4.69) is 15.6 Å². The molecule has 22 heavy (non-hydrogen) atoms. The van der Waals surface area contributed by atoms with Gasteiger partial charge in [0, 0.05) is 18.9 Å². The van der Waals surface area contributed by atoms with Crippen LogP contribution in [0.25, 0.3) is 0 Å². The van der Waals surface area contributed by atoms with Crippen LogP contribution in [0.5, 0.6) is 0 Å². The number of pyridine rings is 1. The summed E-state index contributed by atoms with van der Waals surface area (Å²) >= 11 is 0. The first-order valence-corrected chi connectivity index (χ1v) is 6.52. The highest BCUT2D eigenvalue weighted by atomic mass is 19.4. The van der Waals surface area contributed by atoms with E-state index in [0.717, 1.165) is 11.6 Å². The maximum atomic E-state index is 12.8. The van der Waals surface area contributed by atoms with Crippen LogP contribution in [0.15, 0.2) is 48.8 Å². The molecule has 0 bridgehead atoms. The van der Waals surface area contributed by atoms with Crippen molar-refractivity contribution in [3.05, 3.63) is 59.9 Å². The number of benzene rings is 1. The van der Waals surface area contributed by atoms with Crippen LogP contribution >= 0.6 is 0 Å². The molecule has 0 spiro atoms. The van der Waals surface area contributed by atoms with Crippen molar-refractivity contribution in [2.75, 3.05) is 11.9 Å². The van der Waals surface area contributed by atoms with Gasteiger partial charge in [0.2, 0.25) is 5.91 Å². The van der Waals surface area contributed by atoms with Crippen molar-refractivity contribution in [1.29, 1.82) is 0 Å². The highest BCUT2D eigenvalue weighted by Crippen LogP contribution is 2.34. The molecule has 4 nitrogen and oxygen atoms in total. The maximum Gasteiger partial charge on any atom is 0.418 e. The summed E-state index contributed by atoms with van der Waals surface area (Å²) in [6, 6.07) is 8.46. The van der Waals surface area contributed by atoms with E-state index in [9.17, 15) is 18.0 Å². The summed E-state index contributed by atoms with van der Waals surface area (Å²) in [4.78, 5) is 15.6. The number of carbonyl (C=O) groups excluding carboxylic acids is 1. The first kappa shape index (κ1) is 16.0. The van der Waals surface area contributed by atoms with Gasteiger partial charge in [-0.05, 0) is 23.8 Å². The number of alkyl halides is 3. The number of amides is 1. The molecule has 1 amide bonds. The normalized spacial score (nSPS) is 11.2. The molecule has 2 aromatic rings. The van der Waals surface area contributed by atoms with Gasteiger partial charge in [-0.3, -0.25) is 9.78 Å². The lowest BCUT2D eigenvalue weighted by Gasteiger charge is -2.13. The van der Waals surface area contributed by atoms with Crippen LogP contribution in [0.2, 0.25) is 0 Å². The van der Waals surface area contributed by atoms with Crippen molar-refractivity contribution >= 4 is 11.6 Å². The molecule has 7 heteroatoms. The van der Waals surface area contributed by atoms with Gasteiger partial charge >= 0.3 is 6.18 Å². The number of aromatic nitrogens is 1. The quantitative estimate of drug-likeness (QED) is 0.893. The summed E-state index contributed by atoms with van der Waals surface area (Å²) < 4.78 is 38.4. The van der Waals surface area contributed by atoms with Gasteiger partial charge in [-0.25, -0.2) is 0 Å². The van der Waals surface area contributed by atoms with Crippen LogP contribution in [-0.2, 0) is 17.5 Å². The van der Waals surface area contributed by atoms with Gasteiger partial charge in [-0.1, -0.05) is 18.2 Å². The van der Waals surface area contributed by atoms with E-state index in [1.807, 2.05) is 6.07 Å². The molecule has 1 aromatic carbocycles. The zero-order valence-electron chi connectivity index (χ0n) is 11.5. The fraction of sp³-hybridized carbons (Fsp3) is 0.200. The Balaban J connectivity index is 1.90. The molecule has 0 radical (unpaired) electrons. The molecule has 0 aliphatic carbocycles. The second-order valence-corrected chi connectivity index (χ2v) is 4.56. The number of para-hydroxylation sites is 1. The van der Waals surface area contributed by atoms with Gasteiger partial charge in [-0.15, -0.1) is 0 Å². The van der Waals surface area contributed by atoms with Crippen molar-refractivity contribution in [2.45, 2.75) is 12.7 Å². The first-order chi connectivity index (χ1) is 10.5. The Morgan fingerprint density at radius 2 is 1.91 bits per heavy atom. The van der Waals surface area contributed by atoms with Gasteiger partial charge in [0.05, 0.1) is 17.8 Å². The standard InChI is InChI=1S/C15H14F3N3O/c16-15(17,18)12-5-1-2-6-13(12)21-14(22)10-20-9-11-4-3-7-19-8-11/h1-8,20H,9-10H2,(H,21,22). The van der Waals surface area contributed by atoms with E-state index in [4.69, 9.17) is 0 Å². The first-order valence-electron chi connectivity index (χ1n) is 6.52. The Bertz CT molecular complexity index is 629. The number of anilines is 1. The molecule has 0 aliphatic rings. The smallest absolute Gasteiger partial charge is 0.324 e. The Hall–Kier alpha value is -2.41. The Morgan fingerprint density at radius 1 is 1.14 bits per heavy atom. The molecule has 1 aromatic heterocycles. The third kappa shape index (κ3) is 4.56. The topological polar surface area (TPSA) is 54.0 Å². The SMILES string of the molecule is O=C(CNCc1cccnc1)Nc1ccccc1C(F)(F)F. The number of rotatable bonds is 5. The van der Waals surface area contributed by atoms with Gasteiger partial charge in [-0.2, -0.15) is 13.2 Å².